The van der Waals surface area contributed by atoms with Crippen LogP contribution < -0.4 is 9.62 Å². The highest BCUT2D eigenvalue weighted by Gasteiger charge is 2.23. The molecule has 1 heterocycles. The molecule has 0 atom stereocenters. The third kappa shape index (κ3) is 3.54. The van der Waals surface area contributed by atoms with Gasteiger partial charge in [0, 0.05) is 24.8 Å². The Labute approximate surface area is 148 Å². The van der Waals surface area contributed by atoms with Crippen LogP contribution in [0.3, 0.4) is 0 Å². The minimum atomic E-state index is -3.63. The summed E-state index contributed by atoms with van der Waals surface area (Å²) in [5, 5.41) is 0. The molecule has 1 aliphatic heterocycles. The molecule has 0 aliphatic carbocycles. The molecule has 0 radical (unpaired) electrons. The molecule has 2 aromatic rings. The minimum Gasteiger partial charge on any atom is -0.312 e. The summed E-state index contributed by atoms with van der Waals surface area (Å²) in [6.45, 7) is 6.30. The molecule has 0 aromatic heterocycles. The first-order valence-corrected chi connectivity index (χ1v) is 9.80. The fraction of sp³-hybridized carbons (Fsp3) is 0.316. The first-order chi connectivity index (χ1) is 11.8. The molecular weight excluding hydrogens is 336 g/mol. The van der Waals surface area contributed by atoms with E-state index in [1.165, 1.54) is 6.92 Å². The second kappa shape index (κ2) is 6.52. The van der Waals surface area contributed by atoms with E-state index in [4.69, 9.17) is 0 Å². The minimum absolute atomic E-state index is 0.00248. The summed E-state index contributed by atoms with van der Waals surface area (Å²) in [5.74, 6) is 0.350. The van der Waals surface area contributed by atoms with E-state index in [1.807, 2.05) is 12.1 Å². The molecule has 3 rings (SSSR count). The van der Waals surface area contributed by atoms with Gasteiger partial charge in [-0.25, -0.2) is 8.42 Å². The number of anilines is 2. The molecular formula is C19H22N2O3S. The lowest BCUT2D eigenvalue weighted by atomic mass is 10.0. The maximum atomic E-state index is 12.6. The number of benzene rings is 2. The Kier molecular flexibility index (Phi) is 4.56. The molecule has 0 unspecified atom stereocenters. The molecule has 1 aliphatic rings. The number of carbonyl (C=O) groups is 1. The lowest BCUT2D eigenvalue weighted by molar-refractivity contribution is -0.116. The van der Waals surface area contributed by atoms with E-state index in [-0.39, 0.29) is 10.8 Å². The Morgan fingerprint density at radius 2 is 1.80 bits per heavy atom. The van der Waals surface area contributed by atoms with Gasteiger partial charge in [0.15, 0.2) is 0 Å². The van der Waals surface area contributed by atoms with Gasteiger partial charge in [-0.1, -0.05) is 26.0 Å². The Morgan fingerprint density at radius 1 is 1.12 bits per heavy atom. The van der Waals surface area contributed by atoms with Crippen molar-refractivity contribution in [2.75, 3.05) is 16.2 Å². The molecule has 0 bridgehead atoms. The molecule has 0 spiro atoms. The first-order valence-electron chi connectivity index (χ1n) is 8.32. The zero-order chi connectivity index (χ0) is 18.2. The SMILES string of the molecule is CC(=O)N1CCc2cc(NS(=O)(=O)c3ccc(C(C)C)cc3)ccc21. The summed E-state index contributed by atoms with van der Waals surface area (Å²) in [6.07, 6.45) is 0.730. The van der Waals surface area contributed by atoms with Crippen molar-refractivity contribution in [2.45, 2.75) is 38.0 Å². The maximum absolute atomic E-state index is 12.6. The Balaban J connectivity index is 1.83. The van der Waals surface area contributed by atoms with Crippen molar-refractivity contribution >= 4 is 27.3 Å². The van der Waals surface area contributed by atoms with Crippen molar-refractivity contribution in [2.24, 2.45) is 0 Å². The van der Waals surface area contributed by atoms with Crippen LogP contribution in [0, 0.1) is 0 Å². The van der Waals surface area contributed by atoms with E-state index in [0.717, 1.165) is 23.2 Å². The fourth-order valence-corrected chi connectivity index (χ4v) is 4.09. The predicted molar refractivity (Wildman–Crippen MR) is 99.5 cm³/mol. The van der Waals surface area contributed by atoms with E-state index in [2.05, 4.69) is 18.6 Å². The molecule has 6 heteroatoms. The second-order valence-corrected chi connectivity index (χ2v) is 8.28. The van der Waals surface area contributed by atoms with Gasteiger partial charge in [0.1, 0.15) is 0 Å². The number of hydrogen-bond donors (Lipinski definition) is 1. The van der Waals surface area contributed by atoms with E-state index in [9.17, 15) is 13.2 Å². The molecule has 132 valence electrons. The van der Waals surface area contributed by atoms with Crippen LogP contribution in [0.4, 0.5) is 11.4 Å². The van der Waals surface area contributed by atoms with Crippen LogP contribution in [-0.2, 0) is 21.2 Å². The lowest BCUT2D eigenvalue weighted by Crippen LogP contribution is -2.25. The summed E-state index contributed by atoms with van der Waals surface area (Å²) in [7, 11) is -3.63. The predicted octanol–water partition coefficient (Wildman–Crippen LogP) is 3.52. The Morgan fingerprint density at radius 3 is 2.40 bits per heavy atom. The van der Waals surface area contributed by atoms with E-state index in [0.29, 0.717) is 18.2 Å². The van der Waals surface area contributed by atoms with Gasteiger partial charge in [-0.15, -0.1) is 0 Å². The van der Waals surface area contributed by atoms with Gasteiger partial charge >= 0.3 is 0 Å². The van der Waals surface area contributed by atoms with E-state index >= 15 is 0 Å². The number of hydrogen-bond acceptors (Lipinski definition) is 3. The van der Waals surface area contributed by atoms with E-state index in [1.54, 1.807) is 35.2 Å². The topological polar surface area (TPSA) is 66.5 Å². The number of carbonyl (C=O) groups excluding carboxylic acids is 1. The van der Waals surface area contributed by atoms with Crippen molar-refractivity contribution in [1.82, 2.24) is 0 Å². The van der Waals surface area contributed by atoms with Crippen molar-refractivity contribution in [3.63, 3.8) is 0 Å². The van der Waals surface area contributed by atoms with Crippen LogP contribution in [0.1, 0.15) is 37.8 Å². The summed E-state index contributed by atoms with van der Waals surface area (Å²) >= 11 is 0. The highest BCUT2D eigenvalue weighted by molar-refractivity contribution is 7.92. The third-order valence-electron chi connectivity index (χ3n) is 4.46. The van der Waals surface area contributed by atoms with Crippen LogP contribution in [0.15, 0.2) is 47.4 Å². The van der Waals surface area contributed by atoms with Crippen LogP contribution in [0.5, 0.6) is 0 Å². The second-order valence-electron chi connectivity index (χ2n) is 6.59. The summed E-state index contributed by atoms with van der Waals surface area (Å²) in [5.41, 5.74) is 3.44. The Bertz CT molecular complexity index is 903. The van der Waals surface area contributed by atoms with Crippen LogP contribution in [-0.4, -0.2) is 20.9 Å². The number of sulfonamides is 1. The molecule has 2 aromatic carbocycles. The summed E-state index contributed by atoms with van der Waals surface area (Å²) < 4.78 is 27.8. The van der Waals surface area contributed by atoms with Gasteiger partial charge in [-0.2, -0.15) is 0 Å². The molecule has 1 N–H and O–H groups in total. The summed E-state index contributed by atoms with van der Waals surface area (Å²) in [4.78, 5) is 13.5. The van der Waals surface area contributed by atoms with Gasteiger partial charge in [-0.05, 0) is 53.8 Å². The average molecular weight is 358 g/mol. The highest BCUT2D eigenvalue weighted by atomic mass is 32.2. The van der Waals surface area contributed by atoms with Gasteiger partial charge in [-0.3, -0.25) is 9.52 Å². The highest BCUT2D eigenvalue weighted by Crippen LogP contribution is 2.31. The number of nitrogens with one attached hydrogen (secondary N) is 1. The molecule has 5 nitrogen and oxygen atoms in total. The number of rotatable bonds is 4. The van der Waals surface area contributed by atoms with E-state index < -0.39 is 10.0 Å². The lowest BCUT2D eigenvalue weighted by Gasteiger charge is -2.15. The molecule has 0 saturated carbocycles. The monoisotopic (exact) mass is 358 g/mol. The largest absolute Gasteiger partial charge is 0.312 e. The van der Waals surface area contributed by atoms with Gasteiger partial charge in [0.2, 0.25) is 5.91 Å². The normalized spacial score (nSPS) is 13.8. The van der Waals surface area contributed by atoms with Crippen molar-refractivity contribution in [3.05, 3.63) is 53.6 Å². The number of fused-ring (bicyclic) bond motifs is 1. The third-order valence-corrected chi connectivity index (χ3v) is 5.86. The smallest absolute Gasteiger partial charge is 0.261 e. The van der Waals surface area contributed by atoms with Crippen molar-refractivity contribution in [1.29, 1.82) is 0 Å². The van der Waals surface area contributed by atoms with Crippen molar-refractivity contribution < 1.29 is 13.2 Å². The average Bonchev–Trinajstić information content (AvgIpc) is 2.98. The van der Waals surface area contributed by atoms with Crippen LogP contribution >= 0.6 is 0 Å². The Hall–Kier alpha value is -2.34. The van der Waals surface area contributed by atoms with Crippen molar-refractivity contribution in [3.8, 4) is 0 Å². The summed E-state index contributed by atoms with van der Waals surface area (Å²) in [6, 6.07) is 12.2. The number of amides is 1. The van der Waals surface area contributed by atoms with Gasteiger partial charge in [0.25, 0.3) is 10.0 Å². The molecule has 0 fully saturated rings. The van der Waals surface area contributed by atoms with Crippen LogP contribution in [0.2, 0.25) is 0 Å². The number of nitrogens with zero attached hydrogens (tertiary/aromatic N) is 1. The molecule has 25 heavy (non-hydrogen) atoms. The zero-order valence-corrected chi connectivity index (χ0v) is 15.4. The standard InChI is InChI=1S/C19H22N2O3S/c1-13(2)15-4-7-18(8-5-15)25(23,24)20-17-6-9-19-16(12-17)10-11-21(19)14(3)22/h4-9,12-13,20H,10-11H2,1-3H3. The quantitative estimate of drug-likeness (QED) is 0.909. The fourth-order valence-electron chi connectivity index (χ4n) is 3.04. The van der Waals surface area contributed by atoms with Gasteiger partial charge in [0.05, 0.1) is 4.90 Å². The zero-order valence-electron chi connectivity index (χ0n) is 14.6. The van der Waals surface area contributed by atoms with Gasteiger partial charge < -0.3 is 4.90 Å². The molecule has 0 saturated heterocycles. The molecule has 1 amide bonds. The first kappa shape index (κ1) is 17.5. The maximum Gasteiger partial charge on any atom is 0.261 e. The van der Waals surface area contributed by atoms with Crippen LogP contribution in [0.25, 0.3) is 0 Å².